The number of hydrogen-bond acceptors (Lipinski definition) is 3. The van der Waals surface area contributed by atoms with E-state index < -0.39 is 10.0 Å². The van der Waals surface area contributed by atoms with Crippen molar-refractivity contribution in [1.82, 2.24) is 4.31 Å². The summed E-state index contributed by atoms with van der Waals surface area (Å²) >= 11 is 0. The Hall–Kier alpha value is -2.18. The highest BCUT2D eigenvalue weighted by Crippen LogP contribution is 2.35. The highest BCUT2D eigenvalue weighted by atomic mass is 32.2. The van der Waals surface area contributed by atoms with E-state index in [0.717, 1.165) is 61.9 Å². The van der Waals surface area contributed by atoms with Gasteiger partial charge in [-0.1, -0.05) is 30.7 Å². The van der Waals surface area contributed by atoms with Gasteiger partial charge in [0, 0.05) is 31.2 Å². The molecule has 152 valence electrons. The second-order valence-corrected chi connectivity index (χ2v) is 10.3. The van der Waals surface area contributed by atoms with Crippen molar-refractivity contribution in [3.05, 3.63) is 59.2 Å². The summed E-state index contributed by atoms with van der Waals surface area (Å²) in [6, 6.07) is 13.4. The van der Waals surface area contributed by atoms with Gasteiger partial charge < -0.3 is 4.90 Å². The van der Waals surface area contributed by atoms with Gasteiger partial charge in [-0.2, -0.15) is 4.31 Å². The number of anilines is 1. The molecule has 1 amide bonds. The second-order valence-electron chi connectivity index (χ2n) is 8.37. The fourth-order valence-corrected chi connectivity index (χ4v) is 6.13. The minimum Gasteiger partial charge on any atom is -0.312 e. The van der Waals surface area contributed by atoms with Crippen LogP contribution in [0.4, 0.5) is 5.69 Å². The number of rotatable bonds is 3. The Morgan fingerprint density at radius 2 is 1.69 bits per heavy atom. The molecular formula is C23H26N2O3S. The zero-order valence-corrected chi connectivity index (χ0v) is 17.3. The van der Waals surface area contributed by atoms with Crippen LogP contribution in [0.2, 0.25) is 0 Å². The molecule has 0 aromatic heterocycles. The number of benzene rings is 2. The molecule has 0 saturated heterocycles. The van der Waals surface area contributed by atoms with Gasteiger partial charge >= 0.3 is 0 Å². The average Bonchev–Trinajstić information content (AvgIpc) is 2.71. The Labute approximate surface area is 172 Å². The lowest BCUT2D eigenvalue weighted by Crippen LogP contribution is -2.42. The van der Waals surface area contributed by atoms with Crippen LogP contribution in [0, 0.1) is 5.92 Å². The fraction of sp³-hybridized carbons (Fsp3) is 0.435. The number of amides is 1. The predicted molar refractivity (Wildman–Crippen MR) is 112 cm³/mol. The van der Waals surface area contributed by atoms with E-state index in [-0.39, 0.29) is 11.8 Å². The molecule has 1 saturated carbocycles. The van der Waals surface area contributed by atoms with E-state index in [1.54, 1.807) is 16.4 Å². The molecule has 0 bridgehead atoms. The molecule has 2 aliphatic heterocycles. The van der Waals surface area contributed by atoms with Crippen LogP contribution in [0.15, 0.2) is 47.4 Å². The first kappa shape index (κ1) is 18.8. The highest BCUT2D eigenvalue weighted by molar-refractivity contribution is 7.89. The van der Waals surface area contributed by atoms with Crippen LogP contribution in [0.25, 0.3) is 0 Å². The van der Waals surface area contributed by atoms with Crippen molar-refractivity contribution in [2.75, 3.05) is 18.0 Å². The van der Waals surface area contributed by atoms with Gasteiger partial charge in [0.05, 0.1) is 4.90 Å². The number of carbonyl (C=O) groups is 1. The van der Waals surface area contributed by atoms with Crippen LogP contribution in [0.3, 0.4) is 0 Å². The minimum absolute atomic E-state index is 0.151. The number of hydrogen-bond donors (Lipinski definition) is 0. The molecule has 0 radical (unpaired) electrons. The largest absolute Gasteiger partial charge is 0.312 e. The molecule has 2 aromatic carbocycles. The number of nitrogens with zero attached hydrogens (tertiary/aromatic N) is 2. The van der Waals surface area contributed by atoms with Gasteiger partial charge in [-0.3, -0.25) is 4.79 Å². The van der Waals surface area contributed by atoms with Crippen molar-refractivity contribution in [2.24, 2.45) is 5.92 Å². The summed E-state index contributed by atoms with van der Waals surface area (Å²) in [4.78, 5) is 15.0. The van der Waals surface area contributed by atoms with E-state index in [9.17, 15) is 13.2 Å². The molecule has 3 aliphatic rings. The topological polar surface area (TPSA) is 57.7 Å². The molecule has 0 unspecified atom stereocenters. The van der Waals surface area contributed by atoms with Crippen LogP contribution >= 0.6 is 0 Å². The minimum atomic E-state index is -3.56. The van der Waals surface area contributed by atoms with Crippen LogP contribution < -0.4 is 4.90 Å². The molecule has 2 aromatic rings. The third kappa shape index (κ3) is 3.28. The maximum absolute atomic E-state index is 13.3. The van der Waals surface area contributed by atoms with Crippen molar-refractivity contribution in [1.29, 1.82) is 0 Å². The molecule has 1 aliphatic carbocycles. The summed E-state index contributed by atoms with van der Waals surface area (Å²) in [6.07, 6.45) is 5.53. The van der Waals surface area contributed by atoms with Crippen molar-refractivity contribution in [3.8, 4) is 0 Å². The lowest BCUT2D eigenvalue weighted by atomic mass is 9.83. The first-order valence-electron chi connectivity index (χ1n) is 10.6. The summed E-state index contributed by atoms with van der Waals surface area (Å²) in [5.41, 5.74) is 4.19. The first-order chi connectivity index (χ1) is 14.0. The van der Waals surface area contributed by atoms with Crippen LogP contribution in [0.1, 0.15) is 42.4 Å². The lowest BCUT2D eigenvalue weighted by molar-refractivity contribution is -0.124. The van der Waals surface area contributed by atoms with E-state index in [1.165, 1.54) is 5.56 Å². The third-order valence-electron chi connectivity index (χ3n) is 6.62. The smallest absolute Gasteiger partial charge is 0.243 e. The van der Waals surface area contributed by atoms with Gasteiger partial charge in [0.1, 0.15) is 0 Å². The van der Waals surface area contributed by atoms with E-state index in [0.29, 0.717) is 18.0 Å². The Bertz CT molecular complexity index is 1060. The van der Waals surface area contributed by atoms with Crippen LogP contribution in [-0.2, 0) is 34.2 Å². The van der Waals surface area contributed by atoms with Crippen molar-refractivity contribution in [3.63, 3.8) is 0 Å². The Balaban J connectivity index is 1.42. The summed E-state index contributed by atoms with van der Waals surface area (Å²) in [6.45, 7) is 1.65. The van der Waals surface area contributed by atoms with Crippen molar-refractivity contribution >= 4 is 21.6 Å². The van der Waals surface area contributed by atoms with Crippen LogP contribution in [-0.4, -0.2) is 31.7 Å². The molecule has 5 nitrogen and oxygen atoms in total. The summed E-state index contributed by atoms with van der Waals surface area (Å²) in [5.74, 6) is 0.359. The van der Waals surface area contributed by atoms with Gasteiger partial charge in [-0.05, 0) is 67.0 Å². The van der Waals surface area contributed by atoms with Crippen molar-refractivity contribution < 1.29 is 13.2 Å². The summed E-state index contributed by atoms with van der Waals surface area (Å²) in [5, 5.41) is 0. The maximum atomic E-state index is 13.3. The Morgan fingerprint density at radius 1 is 0.897 bits per heavy atom. The predicted octanol–water partition coefficient (Wildman–Crippen LogP) is 3.51. The van der Waals surface area contributed by atoms with Gasteiger partial charge in [-0.15, -0.1) is 0 Å². The fourth-order valence-electron chi connectivity index (χ4n) is 4.66. The zero-order valence-electron chi connectivity index (χ0n) is 16.5. The first-order valence-corrected chi connectivity index (χ1v) is 12.0. The van der Waals surface area contributed by atoms with E-state index in [4.69, 9.17) is 0 Å². The number of aryl methyl sites for hydroxylation is 1. The van der Waals surface area contributed by atoms with Gasteiger partial charge in [0.15, 0.2) is 0 Å². The van der Waals surface area contributed by atoms with Gasteiger partial charge in [0.2, 0.25) is 15.9 Å². The van der Waals surface area contributed by atoms with E-state index >= 15 is 0 Å². The van der Waals surface area contributed by atoms with E-state index in [2.05, 4.69) is 6.07 Å². The average molecular weight is 411 g/mol. The number of sulfonamides is 1. The van der Waals surface area contributed by atoms with Crippen molar-refractivity contribution in [2.45, 2.75) is 50.0 Å². The monoisotopic (exact) mass is 410 g/mol. The molecule has 0 spiro atoms. The molecule has 6 heteroatoms. The molecular weight excluding hydrogens is 384 g/mol. The van der Waals surface area contributed by atoms with Gasteiger partial charge in [0.25, 0.3) is 0 Å². The maximum Gasteiger partial charge on any atom is 0.243 e. The molecule has 2 heterocycles. The zero-order chi connectivity index (χ0) is 20.0. The molecule has 29 heavy (non-hydrogen) atoms. The Kier molecular flexibility index (Phi) is 4.71. The third-order valence-corrected chi connectivity index (χ3v) is 8.46. The number of carbonyl (C=O) groups excluding carboxylic acids is 1. The Morgan fingerprint density at radius 3 is 2.45 bits per heavy atom. The molecule has 0 N–H and O–H groups in total. The van der Waals surface area contributed by atoms with E-state index in [1.807, 2.05) is 29.2 Å². The lowest BCUT2D eigenvalue weighted by Gasteiger charge is -2.35. The highest BCUT2D eigenvalue weighted by Gasteiger charge is 2.34. The molecule has 0 atom stereocenters. The molecule has 1 fully saturated rings. The normalized spacial score (nSPS) is 19.9. The number of fused-ring (bicyclic) bond motifs is 2. The SMILES string of the molecule is O=C(C1CCC1)N1CCCc2cc(S(=O)(=O)N3CCc4ccccc4C3)ccc21. The van der Waals surface area contributed by atoms with Gasteiger partial charge in [-0.25, -0.2) is 8.42 Å². The standard InChI is InChI=1S/C23H26N2O3S/c26-23(18-7-3-8-18)25-13-4-9-19-15-21(10-11-22(19)25)29(27,28)24-14-12-17-5-1-2-6-20(17)16-24/h1-2,5-6,10-11,15,18H,3-4,7-9,12-14,16H2. The molecule has 5 rings (SSSR count). The quantitative estimate of drug-likeness (QED) is 0.778. The summed E-state index contributed by atoms with van der Waals surface area (Å²) in [7, 11) is -3.56. The summed E-state index contributed by atoms with van der Waals surface area (Å²) < 4.78 is 28.2. The van der Waals surface area contributed by atoms with Crippen LogP contribution in [0.5, 0.6) is 0 Å². The second kappa shape index (κ2) is 7.26.